The summed E-state index contributed by atoms with van der Waals surface area (Å²) in [5.74, 6) is -0.253. The zero-order chi connectivity index (χ0) is 13.1. The number of rotatable bonds is 5. The Morgan fingerprint density at radius 3 is 2.71 bits per heavy atom. The monoisotopic (exact) mass is 243 g/mol. The van der Waals surface area contributed by atoms with Crippen LogP contribution in [0.3, 0.4) is 0 Å². The number of aliphatic hydroxyl groups is 1. The van der Waals surface area contributed by atoms with Gasteiger partial charge in [-0.05, 0) is 32.6 Å². The van der Waals surface area contributed by atoms with E-state index in [0.717, 1.165) is 19.3 Å². The number of carbonyl (C=O) groups is 1. The largest absolute Gasteiger partial charge is 0.481 e. The molecule has 1 rings (SSSR count). The van der Waals surface area contributed by atoms with Gasteiger partial charge in [-0.2, -0.15) is 0 Å². The van der Waals surface area contributed by atoms with Gasteiger partial charge < -0.3 is 15.5 Å². The van der Waals surface area contributed by atoms with Crippen molar-refractivity contribution in [1.82, 2.24) is 5.32 Å². The van der Waals surface area contributed by atoms with Crippen LogP contribution in [0.15, 0.2) is 0 Å². The minimum atomic E-state index is -0.811. The summed E-state index contributed by atoms with van der Waals surface area (Å²) in [4.78, 5) is 10.9. The third kappa shape index (κ3) is 4.28. The minimum Gasteiger partial charge on any atom is -0.481 e. The van der Waals surface area contributed by atoms with E-state index >= 15 is 0 Å². The number of carboxylic acids is 1. The molecule has 2 atom stereocenters. The maximum atomic E-state index is 10.9. The molecule has 1 aliphatic rings. The second kappa shape index (κ2) is 5.36. The first-order chi connectivity index (χ1) is 7.75. The summed E-state index contributed by atoms with van der Waals surface area (Å²) in [6.45, 7) is 6.42. The molecule has 0 aliphatic heterocycles. The summed E-state index contributed by atoms with van der Waals surface area (Å²) in [6.07, 6.45) is 3.87. The van der Waals surface area contributed by atoms with E-state index in [1.807, 2.05) is 0 Å². The highest BCUT2D eigenvalue weighted by atomic mass is 16.4. The Balaban J connectivity index is 2.37. The highest BCUT2D eigenvalue weighted by Gasteiger charge is 2.33. The first-order valence-corrected chi connectivity index (χ1v) is 6.42. The fourth-order valence-electron chi connectivity index (χ4n) is 2.48. The van der Waals surface area contributed by atoms with Crippen molar-refractivity contribution in [3.05, 3.63) is 0 Å². The van der Waals surface area contributed by atoms with Crippen molar-refractivity contribution in [1.29, 1.82) is 0 Å². The molecule has 0 aromatic carbocycles. The molecule has 4 heteroatoms. The van der Waals surface area contributed by atoms with Crippen molar-refractivity contribution in [3.8, 4) is 0 Å². The lowest BCUT2D eigenvalue weighted by molar-refractivity contribution is -0.146. The van der Waals surface area contributed by atoms with Gasteiger partial charge in [0.15, 0.2) is 0 Å². The van der Waals surface area contributed by atoms with Crippen molar-refractivity contribution in [2.24, 2.45) is 11.3 Å². The molecule has 1 aliphatic carbocycles. The van der Waals surface area contributed by atoms with E-state index in [0.29, 0.717) is 19.0 Å². The second-order valence-electron chi connectivity index (χ2n) is 6.22. The van der Waals surface area contributed by atoms with Crippen LogP contribution in [0.1, 0.15) is 46.5 Å². The Labute approximate surface area is 103 Å². The summed E-state index contributed by atoms with van der Waals surface area (Å²) < 4.78 is 0. The molecular weight excluding hydrogens is 218 g/mol. The van der Waals surface area contributed by atoms with Crippen LogP contribution in [0.2, 0.25) is 0 Å². The standard InChI is InChI=1S/C13H25NO3/c1-10-5-4-6-13(17,7-10)9-14-8-12(2,3)11(15)16/h10,14,17H,4-9H2,1-3H3,(H,15,16). The Morgan fingerprint density at radius 1 is 1.53 bits per heavy atom. The number of carboxylic acid groups (broad SMARTS) is 1. The van der Waals surface area contributed by atoms with Crippen LogP contribution >= 0.6 is 0 Å². The maximum Gasteiger partial charge on any atom is 0.310 e. The molecule has 0 spiro atoms. The van der Waals surface area contributed by atoms with Crippen molar-refractivity contribution in [2.75, 3.05) is 13.1 Å². The van der Waals surface area contributed by atoms with E-state index in [4.69, 9.17) is 5.11 Å². The SMILES string of the molecule is CC1CCCC(O)(CNCC(C)(C)C(=O)O)C1. The first kappa shape index (κ1) is 14.5. The van der Waals surface area contributed by atoms with Crippen molar-refractivity contribution in [3.63, 3.8) is 0 Å². The molecule has 100 valence electrons. The van der Waals surface area contributed by atoms with Crippen LogP contribution in [-0.4, -0.2) is 34.9 Å². The van der Waals surface area contributed by atoms with Gasteiger partial charge in [0.2, 0.25) is 0 Å². The van der Waals surface area contributed by atoms with Crippen molar-refractivity contribution < 1.29 is 15.0 Å². The number of hydrogen-bond acceptors (Lipinski definition) is 3. The van der Waals surface area contributed by atoms with Crippen LogP contribution in [0.25, 0.3) is 0 Å². The van der Waals surface area contributed by atoms with Gasteiger partial charge in [0, 0.05) is 13.1 Å². The molecule has 2 unspecified atom stereocenters. The fourth-order valence-corrected chi connectivity index (χ4v) is 2.48. The fraction of sp³-hybridized carbons (Fsp3) is 0.923. The minimum absolute atomic E-state index is 0.388. The Hall–Kier alpha value is -0.610. The zero-order valence-electron chi connectivity index (χ0n) is 11.1. The molecule has 0 saturated heterocycles. The van der Waals surface area contributed by atoms with Gasteiger partial charge in [-0.15, -0.1) is 0 Å². The van der Waals surface area contributed by atoms with E-state index in [9.17, 15) is 9.90 Å². The summed E-state index contributed by atoms with van der Waals surface area (Å²) >= 11 is 0. The van der Waals surface area contributed by atoms with Crippen LogP contribution in [-0.2, 0) is 4.79 Å². The predicted octanol–water partition coefficient (Wildman–Crippen LogP) is 1.63. The highest BCUT2D eigenvalue weighted by Crippen LogP contribution is 2.31. The van der Waals surface area contributed by atoms with E-state index in [1.165, 1.54) is 6.42 Å². The molecule has 0 aromatic rings. The molecule has 17 heavy (non-hydrogen) atoms. The van der Waals surface area contributed by atoms with Gasteiger partial charge in [-0.3, -0.25) is 4.79 Å². The molecule has 0 bridgehead atoms. The number of hydrogen-bond donors (Lipinski definition) is 3. The number of nitrogens with one attached hydrogen (secondary N) is 1. The molecule has 0 heterocycles. The quantitative estimate of drug-likeness (QED) is 0.686. The Kier molecular flexibility index (Phi) is 4.55. The second-order valence-corrected chi connectivity index (χ2v) is 6.22. The molecule has 0 aromatic heterocycles. The van der Waals surface area contributed by atoms with Crippen LogP contribution < -0.4 is 5.32 Å². The van der Waals surface area contributed by atoms with Gasteiger partial charge in [0.1, 0.15) is 0 Å². The molecule has 0 radical (unpaired) electrons. The molecule has 1 fully saturated rings. The van der Waals surface area contributed by atoms with Gasteiger partial charge in [0.25, 0.3) is 0 Å². The summed E-state index contributed by atoms with van der Waals surface area (Å²) in [7, 11) is 0. The van der Waals surface area contributed by atoms with E-state index in [1.54, 1.807) is 13.8 Å². The predicted molar refractivity (Wildman–Crippen MR) is 66.9 cm³/mol. The maximum absolute atomic E-state index is 10.9. The van der Waals surface area contributed by atoms with Crippen molar-refractivity contribution >= 4 is 5.97 Å². The normalized spacial score (nSPS) is 30.2. The van der Waals surface area contributed by atoms with Gasteiger partial charge in [-0.1, -0.05) is 19.8 Å². The average Bonchev–Trinajstić information content (AvgIpc) is 2.15. The van der Waals surface area contributed by atoms with Crippen molar-refractivity contribution in [2.45, 2.75) is 52.1 Å². The third-order valence-corrected chi connectivity index (χ3v) is 3.67. The lowest BCUT2D eigenvalue weighted by Gasteiger charge is -2.36. The molecule has 3 N–H and O–H groups in total. The van der Waals surface area contributed by atoms with Crippen LogP contribution in [0, 0.1) is 11.3 Å². The Bertz CT molecular complexity index is 278. The lowest BCUT2D eigenvalue weighted by atomic mass is 9.79. The van der Waals surface area contributed by atoms with E-state index in [-0.39, 0.29) is 0 Å². The number of aliphatic carboxylic acids is 1. The molecular formula is C13H25NO3. The summed E-state index contributed by atoms with van der Waals surface area (Å²) in [5, 5.41) is 22.5. The topological polar surface area (TPSA) is 69.6 Å². The lowest BCUT2D eigenvalue weighted by Crippen LogP contribution is -2.47. The summed E-state index contributed by atoms with van der Waals surface area (Å²) in [5.41, 5.74) is -1.43. The van der Waals surface area contributed by atoms with Gasteiger partial charge in [-0.25, -0.2) is 0 Å². The van der Waals surface area contributed by atoms with Gasteiger partial charge in [0.05, 0.1) is 11.0 Å². The zero-order valence-corrected chi connectivity index (χ0v) is 11.1. The smallest absolute Gasteiger partial charge is 0.310 e. The third-order valence-electron chi connectivity index (χ3n) is 3.67. The summed E-state index contributed by atoms with van der Waals surface area (Å²) in [6, 6.07) is 0. The molecule has 1 saturated carbocycles. The molecule has 4 nitrogen and oxygen atoms in total. The average molecular weight is 243 g/mol. The first-order valence-electron chi connectivity index (χ1n) is 6.42. The van der Waals surface area contributed by atoms with Gasteiger partial charge >= 0.3 is 5.97 Å². The highest BCUT2D eigenvalue weighted by molar-refractivity contribution is 5.73. The van der Waals surface area contributed by atoms with E-state index < -0.39 is 17.0 Å². The Morgan fingerprint density at radius 2 is 2.18 bits per heavy atom. The van der Waals surface area contributed by atoms with E-state index in [2.05, 4.69) is 12.2 Å². The molecule has 0 amide bonds. The van der Waals surface area contributed by atoms with Crippen LogP contribution in [0.4, 0.5) is 0 Å². The van der Waals surface area contributed by atoms with Crippen LogP contribution in [0.5, 0.6) is 0 Å².